The van der Waals surface area contributed by atoms with E-state index in [1.165, 1.54) is 17.8 Å². The van der Waals surface area contributed by atoms with Crippen LogP contribution < -0.4 is 5.32 Å². The van der Waals surface area contributed by atoms with E-state index in [9.17, 15) is 14.0 Å². The van der Waals surface area contributed by atoms with Gasteiger partial charge in [0.05, 0.1) is 5.75 Å². The van der Waals surface area contributed by atoms with Crippen molar-refractivity contribution >= 4 is 46.8 Å². The van der Waals surface area contributed by atoms with Crippen LogP contribution >= 0.6 is 35.0 Å². The van der Waals surface area contributed by atoms with Gasteiger partial charge in [0.1, 0.15) is 11.9 Å². The molecule has 8 heteroatoms. The number of benzene rings is 2. The molecule has 0 saturated heterocycles. The van der Waals surface area contributed by atoms with E-state index in [2.05, 4.69) is 12.2 Å². The fourth-order valence-electron chi connectivity index (χ4n) is 3.23. The van der Waals surface area contributed by atoms with Crippen molar-refractivity contribution in [2.75, 3.05) is 12.3 Å². The summed E-state index contributed by atoms with van der Waals surface area (Å²) in [6.07, 6.45) is 2.31. The average molecular weight is 499 g/mol. The zero-order valence-electron chi connectivity index (χ0n) is 18.4. The minimum atomic E-state index is -0.617. The van der Waals surface area contributed by atoms with Crippen molar-refractivity contribution in [3.63, 3.8) is 0 Å². The molecule has 1 N–H and O–H groups in total. The van der Waals surface area contributed by atoms with Crippen molar-refractivity contribution < 1.29 is 14.0 Å². The van der Waals surface area contributed by atoms with Crippen LogP contribution in [0, 0.1) is 5.82 Å². The van der Waals surface area contributed by atoms with E-state index in [4.69, 9.17) is 23.2 Å². The Bertz CT molecular complexity index is 893. The van der Waals surface area contributed by atoms with Gasteiger partial charge in [-0.15, -0.1) is 11.8 Å². The van der Waals surface area contributed by atoms with Crippen molar-refractivity contribution in [3.05, 3.63) is 69.5 Å². The fourth-order valence-corrected chi connectivity index (χ4v) is 4.67. The first-order valence-electron chi connectivity index (χ1n) is 10.7. The highest BCUT2D eigenvalue weighted by Gasteiger charge is 2.28. The largest absolute Gasteiger partial charge is 0.354 e. The van der Waals surface area contributed by atoms with E-state index < -0.39 is 11.9 Å². The van der Waals surface area contributed by atoms with Gasteiger partial charge in [0.2, 0.25) is 11.8 Å². The third-order valence-electron chi connectivity index (χ3n) is 5.05. The van der Waals surface area contributed by atoms with Crippen LogP contribution in [0.2, 0.25) is 10.0 Å². The maximum atomic E-state index is 14.0. The molecule has 0 saturated carbocycles. The summed E-state index contributed by atoms with van der Waals surface area (Å²) in [5.74, 6) is -0.430. The number of carbonyl (C=O) groups is 2. The second-order valence-electron chi connectivity index (χ2n) is 7.37. The molecule has 174 valence electrons. The molecule has 32 heavy (non-hydrogen) atoms. The number of hydrogen-bond donors (Lipinski definition) is 1. The van der Waals surface area contributed by atoms with Crippen LogP contribution in [0.5, 0.6) is 0 Å². The second-order valence-corrected chi connectivity index (χ2v) is 9.17. The maximum absolute atomic E-state index is 14.0. The quantitative estimate of drug-likeness (QED) is 0.360. The molecule has 0 unspecified atom stereocenters. The van der Waals surface area contributed by atoms with E-state index in [1.54, 1.807) is 23.1 Å². The summed E-state index contributed by atoms with van der Waals surface area (Å²) >= 11 is 13.7. The molecule has 0 radical (unpaired) electrons. The lowest BCUT2D eigenvalue weighted by atomic mass is 10.1. The number of unbranched alkanes of at least 4 members (excludes halogenated alkanes) is 1. The number of amides is 2. The molecule has 0 spiro atoms. The average Bonchev–Trinajstić information content (AvgIpc) is 2.77. The van der Waals surface area contributed by atoms with Crippen LogP contribution in [0.25, 0.3) is 0 Å². The Kier molecular flexibility index (Phi) is 11.4. The molecule has 2 aromatic carbocycles. The smallest absolute Gasteiger partial charge is 0.242 e. The molecular formula is C24H29Cl2FN2O2S. The summed E-state index contributed by atoms with van der Waals surface area (Å²) in [5, 5.41) is 3.80. The van der Waals surface area contributed by atoms with Gasteiger partial charge in [-0.25, -0.2) is 4.39 Å². The van der Waals surface area contributed by atoms with Gasteiger partial charge in [-0.1, -0.05) is 67.7 Å². The van der Waals surface area contributed by atoms with Gasteiger partial charge in [-0.05, 0) is 36.6 Å². The van der Waals surface area contributed by atoms with Crippen molar-refractivity contribution in [2.45, 2.75) is 51.4 Å². The van der Waals surface area contributed by atoms with Gasteiger partial charge in [0.25, 0.3) is 0 Å². The first-order valence-corrected chi connectivity index (χ1v) is 12.6. The van der Waals surface area contributed by atoms with Crippen molar-refractivity contribution in [3.8, 4) is 0 Å². The Morgan fingerprint density at radius 3 is 2.47 bits per heavy atom. The van der Waals surface area contributed by atoms with Gasteiger partial charge < -0.3 is 10.2 Å². The minimum Gasteiger partial charge on any atom is -0.354 e. The molecule has 0 aromatic heterocycles. The second kappa shape index (κ2) is 13.7. The molecule has 4 nitrogen and oxygen atoms in total. The lowest BCUT2D eigenvalue weighted by Gasteiger charge is -2.31. The third-order valence-corrected chi connectivity index (χ3v) is 6.71. The number of thioether (sulfide) groups is 1. The van der Waals surface area contributed by atoms with E-state index in [-0.39, 0.29) is 29.9 Å². The highest BCUT2D eigenvalue weighted by Crippen LogP contribution is 2.25. The zero-order valence-corrected chi connectivity index (χ0v) is 20.7. The lowest BCUT2D eigenvalue weighted by molar-refractivity contribution is -0.139. The zero-order chi connectivity index (χ0) is 23.5. The van der Waals surface area contributed by atoms with E-state index >= 15 is 0 Å². The van der Waals surface area contributed by atoms with Crippen LogP contribution in [-0.4, -0.2) is 35.1 Å². The molecule has 2 rings (SSSR count). The number of rotatable bonds is 12. The molecule has 2 amide bonds. The Morgan fingerprint density at radius 2 is 1.81 bits per heavy atom. The Hall–Kier alpha value is -1.76. The highest BCUT2D eigenvalue weighted by molar-refractivity contribution is 7.99. The number of carbonyl (C=O) groups excluding carboxylic acids is 2. The summed E-state index contributed by atoms with van der Waals surface area (Å²) in [7, 11) is 0. The van der Waals surface area contributed by atoms with Crippen molar-refractivity contribution in [1.82, 2.24) is 10.2 Å². The molecule has 0 heterocycles. The molecule has 0 aliphatic carbocycles. The molecule has 0 fully saturated rings. The van der Waals surface area contributed by atoms with E-state index in [1.807, 2.05) is 25.1 Å². The van der Waals surface area contributed by atoms with Crippen LogP contribution in [0.1, 0.15) is 44.2 Å². The SMILES string of the molecule is CCCCNC(=O)[C@@H](CC)N(Cc1ccccc1Cl)C(=O)CSCc1c(F)cccc1Cl. The molecule has 0 aliphatic rings. The molecular weight excluding hydrogens is 470 g/mol. The number of hydrogen-bond acceptors (Lipinski definition) is 3. The standard InChI is InChI=1S/C24H29Cl2FN2O2S/c1-3-5-13-28-24(31)22(4-2)29(14-17-9-6-7-10-19(17)25)23(30)16-32-15-18-20(26)11-8-12-21(18)27/h6-12,22H,3-5,13-16H2,1-2H3,(H,28,31)/t22-/m1/s1. The molecule has 0 bridgehead atoms. The molecule has 2 aromatic rings. The summed E-state index contributed by atoms with van der Waals surface area (Å²) in [4.78, 5) is 27.6. The predicted molar refractivity (Wildman–Crippen MR) is 132 cm³/mol. The lowest BCUT2D eigenvalue weighted by Crippen LogP contribution is -2.49. The van der Waals surface area contributed by atoms with Gasteiger partial charge in [-0.2, -0.15) is 0 Å². The minimum absolute atomic E-state index is 0.0911. The van der Waals surface area contributed by atoms with E-state index in [0.717, 1.165) is 18.4 Å². The normalized spacial score (nSPS) is 11.8. The Morgan fingerprint density at radius 1 is 1.09 bits per heavy atom. The van der Waals surface area contributed by atoms with Crippen molar-refractivity contribution in [2.24, 2.45) is 0 Å². The predicted octanol–water partition coefficient (Wildman–Crippen LogP) is 6.09. The number of nitrogens with zero attached hydrogens (tertiary/aromatic N) is 1. The van der Waals surface area contributed by atoms with Crippen LogP contribution in [0.4, 0.5) is 4.39 Å². The Labute approximate surface area is 203 Å². The first kappa shape index (κ1) is 26.5. The number of halogens is 3. The molecule has 0 aliphatic heterocycles. The maximum Gasteiger partial charge on any atom is 0.242 e. The highest BCUT2D eigenvalue weighted by atomic mass is 35.5. The molecule has 1 atom stereocenters. The van der Waals surface area contributed by atoms with E-state index in [0.29, 0.717) is 28.6 Å². The van der Waals surface area contributed by atoms with Gasteiger partial charge in [0, 0.05) is 34.5 Å². The fraction of sp³-hybridized carbons (Fsp3) is 0.417. The summed E-state index contributed by atoms with van der Waals surface area (Å²) < 4.78 is 14.0. The van der Waals surface area contributed by atoms with Gasteiger partial charge in [0.15, 0.2) is 0 Å². The summed E-state index contributed by atoms with van der Waals surface area (Å²) in [6.45, 7) is 4.72. The number of nitrogens with one attached hydrogen (secondary N) is 1. The van der Waals surface area contributed by atoms with Gasteiger partial charge in [-0.3, -0.25) is 9.59 Å². The Balaban J connectivity index is 2.15. The van der Waals surface area contributed by atoms with Crippen molar-refractivity contribution in [1.29, 1.82) is 0 Å². The van der Waals surface area contributed by atoms with Crippen LogP contribution in [-0.2, 0) is 21.9 Å². The van der Waals surface area contributed by atoms with Gasteiger partial charge >= 0.3 is 0 Å². The van der Waals surface area contributed by atoms with Crippen LogP contribution in [0.15, 0.2) is 42.5 Å². The summed E-state index contributed by atoms with van der Waals surface area (Å²) in [5.41, 5.74) is 1.14. The van der Waals surface area contributed by atoms with Crippen LogP contribution in [0.3, 0.4) is 0 Å². The first-order chi connectivity index (χ1) is 15.4. The monoisotopic (exact) mass is 498 g/mol. The topological polar surface area (TPSA) is 49.4 Å². The third kappa shape index (κ3) is 7.68. The summed E-state index contributed by atoms with van der Waals surface area (Å²) in [6, 6.07) is 11.2.